The number of carbonyl (C=O) groups excluding carboxylic acids is 1. The molecule has 1 N–H and O–H groups in total. The van der Waals surface area contributed by atoms with Gasteiger partial charge in [0.25, 0.3) is 5.91 Å². The Morgan fingerprint density at radius 2 is 1.49 bits per heavy atom. The predicted molar refractivity (Wildman–Crippen MR) is 148 cm³/mol. The standard InChI is InChI=1S/C30H31N3OS/c1-21-14-22(2)16-29(15-21)33-23(3)17-28(24(33)4)18-31-32-30(34)27-12-10-26(11-13-27)20-35-19-25-8-6-5-7-9-25/h5-18H,19-20H2,1-4H3,(H,32,34)/b31-18-. The number of carbonyl (C=O) groups is 1. The van der Waals surface area contributed by atoms with Crippen LogP contribution >= 0.6 is 11.8 Å². The van der Waals surface area contributed by atoms with Gasteiger partial charge in [0.2, 0.25) is 0 Å². The molecule has 1 amide bonds. The van der Waals surface area contributed by atoms with Gasteiger partial charge in [-0.3, -0.25) is 4.79 Å². The second-order valence-corrected chi connectivity index (χ2v) is 9.87. The topological polar surface area (TPSA) is 46.4 Å². The van der Waals surface area contributed by atoms with Crippen LogP contribution < -0.4 is 5.43 Å². The molecule has 1 aromatic heterocycles. The van der Waals surface area contributed by atoms with Crippen molar-refractivity contribution in [3.05, 3.63) is 124 Å². The molecule has 0 atom stereocenters. The molecular weight excluding hydrogens is 450 g/mol. The lowest BCUT2D eigenvalue weighted by Crippen LogP contribution is -2.17. The first-order chi connectivity index (χ1) is 16.9. The lowest BCUT2D eigenvalue weighted by atomic mass is 10.1. The third-order valence-electron chi connectivity index (χ3n) is 5.90. The van der Waals surface area contributed by atoms with Crippen molar-refractivity contribution in [2.45, 2.75) is 39.2 Å². The fraction of sp³-hybridized carbons (Fsp3) is 0.200. The van der Waals surface area contributed by atoms with Gasteiger partial charge in [0.1, 0.15) is 0 Å². The van der Waals surface area contributed by atoms with Gasteiger partial charge in [-0.15, -0.1) is 0 Å². The summed E-state index contributed by atoms with van der Waals surface area (Å²) in [5.41, 5.74) is 12.6. The molecule has 3 aromatic carbocycles. The number of hydrazone groups is 1. The fourth-order valence-electron chi connectivity index (χ4n) is 4.23. The van der Waals surface area contributed by atoms with E-state index in [-0.39, 0.29) is 5.91 Å². The summed E-state index contributed by atoms with van der Waals surface area (Å²) in [6, 6.07) is 26.8. The van der Waals surface area contributed by atoms with Gasteiger partial charge in [-0.2, -0.15) is 16.9 Å². The summed E-state index contributed by atoms with van der Waals surface area (Å²) in [6.07, 6.45) is 1.72. The van der Waals surface area contributed by atoms with Gasteiger partial charge in [0, 0.05) is 39.7 Å². The van der Waals surface area contributed by atoms with Crippen LogP contribution in [0, 0.1) is 27.7 Å². The van der Waals surface area contributed by atoms with Crippen LogP contribution in [-0.2, 0) is 11.5 Å². The van der Waals surface area contributed by atoms with E-state index < -0.39 is 0 Å². The number of benzene rings is 3. The molecule has 5 heteroatoms. The minimum atomic E-state index is -0.215. The van der Waals surface area contributed by atoms with Crippen molar-refractivity contribution < 1.29 is 4.79 Å². The highest BCUT2D eigenvalue weighted by Crippen LogP contribution is 2.22. The van der Waals surface area contributed by atoms with Crippen molar-refractivity contribution in [1.29, 1.82) is 0 Å². The largest absolute Gasteiger partial charge is 0.318 e. The highest BCUT2D eigenvalue weighted by atomic mass is 32.2. The summed E-state index contributed by atoms with van der Waals surface area (Å²) in [4.78, 5) is 12.6. The average molecular weight is 482 g/mol. The summed E-state index contributed by atoms with van der Waals surface area (Å²) >= 11 is 1.86. The zero-order valence-corrected chi connectivity index (χ0v) is 21.5. The molecular formula is C30H31N3OS. The summed E-state index contributed by atoms with van der Waals surface area (Å²) in [5.74, 6) is 1.67. The minimum Gasteiger partial charge on any atom is -0.318 e. The predicted octanol–water partition coefficient (Wildman–Crippen LogP) is 6.91. The first kappa shape index (κ1) is 24.6. The molecule has 0 aliphatic rings. The van der Waals surface area contributed by atoms with Crippen LogP contribution in [0.4, 0.5) is 0 Å². The molecule has 4 aromatic rings. The summed E-state index contributed by atoms with van der Waals surface area (Å²) in [6.45, 7) is 8.38. The van der Waals surface area contributed by atoms with E-state index in [1.54, 1.807) is 6.21 Å². The van der Waals surface area contributed by atoms with E-state index in [1.807, 2.05) is 42.1 Å². The second kappa shape index (κ2) is 11.2. The number of amides is 1. The number of thioether (sulfide) groups is 1. The van der Waals surface area contributed by atoms with E-state index >= 15 is 0 Å². The van der Waals surface area contributed by atoms with Gasteiger partial charge in [-0.1, -0.05) is 48.5 Å². The number of hydrogen-bond acceptors (Lipinski definition) is 3. The van der Waals surface area contributed by atoms with Crippen molar-refractivity contribution in [2.75, 3.05) is 0 Å². The molecule has 0 radical (unpaired) electrons. The van der Waals surface area contributed by atoms with Crippen molar-refractivity contribution in [1.82, 2.24) is 9.99 Å². The molecule has 0 aliphatic heterocycles. The zero-order chi connectivity index (χ0) is 24.8. The van der Waals surface area contributed by atoms with Crippen LogP contribution in [0.25, 0.3) is 5.69 Å². The zero-order valence-electron chi connectivity index (χ0n) is 20.7. The number of hydrogen-bond donors (Lipinski definition) is 1. The molecule has 0 unspecified atom stereocenters. The monoisotopic (exact) mass is 481 g/mol. The Kier molecular flexibility index (Phi) is 7.88. The normalized spacial score (nSPS) is 11.2. The highest BCUT2D eigenvalue weighted by Gasteiger charge is 2.11. The molecule has 0 saturated carbocycles. The van der Waals surface area contributed by atoms with E-state index in [0.29, 0.717) is 5.56 Å². The molecule has 178 valence electrons. The molecule has 0 fully saturated rings. The molecule has 4 nitrogen and oxygen atoms in total. The lowest BCUT2D eigenvalue weighted by molar-refractivity contribution is 0.0955. The van der Waals surface area contributed by atoms with E-state index in [4.69, 9.17) is 0 Å². The van der Waals surface area contributed by atoms with Gasteiger partial charge in [-0.05, 0) is 80.3 Å². The molecule has 0 aliphatic carbocycles. The van der Waals surface area contributed by atoms with Crippen LogP contribution in [0.2, 0.25) is 0 Å². The fourth-order valence-corrected chi connectivity index (χ4v) is 5.19. The number of nitrogens with one attached hydrogen (secondary N) is 1. The lowest BCUT2D eigenvalue weighted by Gasteiger charge is -2.11. The Morgan fingerprint density at radius 1 is 0.857 bits per heavy atom. The summed E-state index contributed by atoms with van der Waals surface area (Å²) < 4.78 is 2.22. The van der Waals surface area contributed by atoms with Crippen molar-refractivity contribution in [3.8, 4) is 5.69 Å². The van der Waals surface area contributed by atoms with Gasteiger partial charge in [-0.25, -0.2) is 5.43 Å². The van der Waals surface area contributed by atoms with Crippen LogP contribution in [0.5, 0.6) is 0 Å². The Bertz CT molecular complexity index is 1320. The smallest absolute Gasteiger partial charge is 0.271 e. The minimum absolute atomic E-state index is 0.215. The third kappa shape index (κ3) is 6.31. The SMILES string of the molecule is Cc1cc(C)cc(-n2c(C)cc(/C=N\NC(=O)c3ccc(CSCc4ccccc4)cc3)c2C)c1. The molecule has 35 heavy (non-hydrogen) atoms. The maximum Gasteiger partial charge on any atom is 0.271 e. The highest BCUT2D eigenvalue weighted by molar-refractivity contribution is 7.97. The number of rotatable bonds is 8. The quantitative estimate of drug-likeness (QED) is 0.220. The van der Waals surface area contributed by atoms with Crippen LogP contribution in [0.1, 0.15) is 49.6 Å². The molecule has 0 spiro atoms. The Morgan fingerprint density at radius 3 is 2.14 bits per heavy atom. The van der Waals surface area contributed by atoms with Crippen molar-refractivity contribution >= 4 is 23.9 Å². The van der Waals surface area contributed by atoms with Crippen LogP contribution in [0.3, 0.4) is 0 Å². The Balaban J connectivity index is 1.35. The van der Waals surface area contributed by atoms with Gasteiger partial charge < -0.3 is 4.57 Å². The van der Waals surface area contributed by atoms with Gasteiger partial charge in [0.15, 0.2) is 0 Å². The average Bonchev–Trinajstić information content (AvgIpc) is 3.12. The summed E-state index contributed by atoms with van der Waals surface area (Å²) in [5, 5.41) is 4.23. The maximum atomic E-state index is 12.6. The van der Waals surface area contributed by atoms with Gasteiger partial charge >= 0.3 is 0 Å². The first-order valence-corrected chi connectivity index (χ1v) is 12.9. The number of nitrogens with zero attached hydrogens (tertiary/aromatic N) is 2. The van der Waals surface area contributed by atoms with E-state index in [2.05, 4.69) is 91.3 Å². The maximum absolute atomic E-state index is 12.6. The van der Waals surface area contributed by atoms with E-state index in [9.17, 15) is 4.79 Å². The van der Waals surface area contributed by atoms with Crippen LogP contribution in [0.15, 0.2) is 84.0 Å². The molecule has 0 saturated heterocycles. The second-order valence-electron chi connectivity index (χ2n) is 8.88. The van der Waals surface area contributed by atoms with Crippen molar-refractivity contribution in [2.24, 2.45) is 5.10 Å². The summed E-state index contributed by atoms with van der Waals surface area (Å²) in [7, 11) is 0. The van der Waals surface area contributed by atoms with E-state index in [0.717, 1.165) is 34.1 Å². The van der Waals surface area contributed by atoms with Crippen molar-refractivity contribution in [3.63, 3.8) is 0 Å². The Labute approximate surface area is 212 Å². The number of aryl methyl sites for hydroxylation is 3. The third-order valence-corrected chi connectivity index (χ3v) is 6.98. The molecule has 0 bridgehead atoms. The van der Waals surface area contributed by atoms with E-state index in [1.165, 1.54) is 22.3 Å². The number of aromatic nitrogens is 1. The molecule has 4 rings (SSSR count). The first-order valence-electron chi connectivity index (χ1n) is 11.7. The Hall–Kier alpha value is -3.57. The molecule has 1 heterocycles. The van der Waals surface area contributed by atoms with Gasteiger partial charge in [0.05, 0.1) is 6.21 Å². The van der Waals surface area contributed by atoms with Crippen LogP contribution in [-0.4, -0.2) is 16.7 Å².